The molecule has 0 spiro atoms. The van der Waals surface area contributed by atoms with Crippen molar-refractivity contribution in [3.05, 3.63) is 34.4 Å². The van der Waals surface area contributed by atoms with Gasteiger partial charge in [0, 0.05) is 6.07 Å². The quantitative estimate of drug-likeness (QED) is 0.667. The SMILES string of the molecule is O=C(O)C1CCC(Oc2cccc([N+](=O)[O-])c2)CC1. The molecule has 19 heavy (non-hydrogen) atoms. The Morgan fingerprint density at radius 1 is 1.32 bits per heavy atom. The molecular formula is C13H15NO5. The Morgan fingerprint density at radius 2 is 2.00 bits per heavy atom. The van der Waals surface area contributed by atoms with Crippen LogP contribution in [0.2, 0.25) is 0 Å². The third kappa shape index (κ3) is 3.43. The summed E-state index contributed by atoms with van der Waals surface area (Å²) in [5.74, 6) is -0.577. The molecule has 0 aromatic heterocycles. The molecule has 1 saturated carbocycles. The number of nitro groups is 1. The van der Waals surface area contributed by atoms with Crippen molar-refractivity contribution in [1.29, 1.82) is 0 Å². The Balaban J connectivity index is 1.94. The lowest BCUT2D eigenvalue weighted by Gasteiger charge is -2.26. The molecule has 0 atom stereocenters. The number of nitro benzene ring substituents is 1. The Bertz CT molecular complexity index is 480. The van der Waals surface area contributed by atoms with Crippen molar-refractivity contribution in [3.63, 3.8) is 0 Å². The minimum absolute atomic E-state index is 0.00304. The monoisotopic (exact) mass is 265 g/mol. The zero-order valence-electron chi connectivity index (χ0n) is 10.3. The zero-order valence-corrected chi connectivity index (χ0v) is 10.3. The van der Waals surface area contributed by atoms with E-state index in [0.717, 1.165) is 0 Å². The Hall–Kier alpha value is -2.11. The van der Waals surface area contributed by atoms with Crippen LogP contribution in [0.3, 0.4) is 0 Å². The van der Waals surface area contributed by atoms with Crippen LogP contribution in [0.15, 0.2) is 24.3 Å². The molecule has 0 saturated heterocycles. The second kappa shape index (κ2) is 5.69. The van der Waals surface area contributed by atoms with Gasteiger partial charge in [-0.25, -0.2) is 0 Å². The van der Waals surface area contributed by atoms with Gasteiger partial charge in [-0.05, 0) is 31.7 Å². The summed E-state index contributed by atoms with van der Waals surface area (Å²) in [4.78, 5) is 21.0. The Kier molecular flexibility index (Phi) is 3.99. The molecule has 1 aromatic rings. The molecule has 0 amide bonds. The van der Waals surface area contributed by atoms with Gasteiger partial charge in [-0.15, -0.1) is 0 Å². The summed E-state index contributed by atoms with van der Waals surface area (Å²) < 4.78 is 5.68. The van der Waals surface area contributed by atoms with Gasteiger partial charge in [-0.2, -0.15) is 0 Å². The minimum Gasteiger partial charge on any atom is -0.490 e. The van der Waals surface area contributed by atoms with Crippen molar-refractivity contribution < 1.29 is 19.6 Å². The van der Waals surface area contributed by atoms with Crippen LogP contribution in [-0.4, -0.2) is 22.1 Å². The van der Waals surface area contributed by atoms with Gasteiger partial charge in [0.15, 0.2) is 0 Å². The molecule has 0 bridgehead atoms. The number of nitrogens with zero attached hydrogens (tertiary/aromatic N) is 1. The second-order valence-corrected chi connectivity index (χ2v) is 4.68. The zero-order chi connectivity index (χ0) is 13.8. The summed E-state index contributed by atoms with van der Waals surface area (Å²) in [7, 11) is 0. The van der Waals surface area contributed by atoms with E-state index in [9.17, 15) is 14.9 Å². The van der Waals surface area contributed by atoms with Crippen LogP contribution in [0.25, 0.3) is 0 Å². The van der Waals surface area contributed by atoms with Crippen LogP contribution in [-0.2, 0) is 4.79 Å². The van der Waals surface area contributed by atoms with E-state index in [4.69, 9.17) is 9.84 Å². The van der Waals surface area contributed by atoms with E-state index < -0.39 is 10.9 Å². The minimum atomic E-state index is -0.756. The smallest absolute Gasteiger partial charge is 0.306 e. The molecule has 2 rings (SSSR count). The average Bonchev–Trinajstić information content (AvgIpc) is 2.39. The number of benzene rings is 1. The van der Waals surface area contributed by atoms with Crippen molar-refractivity contribution in [2.24, 2.45) is 5.92 Å². The predicted molar refractivity (Wildman–Crippen MR) is 67.1 cm³/mol. The summed E-state index contributed by atoms with van der Waals surface area (Å²) in [6.07, 6.45) is 2.46. The van der Waals surface area contributed by atoms with Crippen LogP contribution >= 0.6 is 0 Å². The lowest BCUT2D eigenvalue weighted by atomic mass is 9.87. The molecule has 0 aliphatic heterocycles. The van der Waals surface area contributed by atoms with Crippen molar-refractivity contribution >= 4 is 11.7 Å². The first-order valence-corrected chi connectivity index (χ1v) is 6.20. The average molecular weight is 265 g/mol. The molecule has 1 fully saturated rings. The lowest BCUT2D eigenvalue weighted by Crippen LogP contribution is -2.27. The Morgan fingerprint density at radius 3 is 2.58 bits per heavy atom. The van der Waals surface area contributed by atoms with E-state index >= 15 is 0 Å². The third-order valence-corrected chi connectivity index (χ3v) is 3.35. The van der Waals surface area contributed by atoms with Crippen LogP contribution in [0.4, 0.5) is 5.69 Å². The highest BCUT2D eigenvalue weighted by atomic mass is 16.6. The van der Waals surface area contributed by atoms with Crippen molar-refractivity contribution in [2.75, 3.05) is 0 Å². The van der Waals surface area contributed by atoms with Gasteiger partial charge in [0.25, 0.3) is 5.69 Å². The number of ether oxygens (including phenoxy) is 1. The molecule has 1 aliphatic carbocycles. The largest absolute Gasteiger partial charge is 0.490 e. The molecule has 6 heteroatoms. The fourth-order valence-corrected chi connectivity index (χ4v) is 2.29. The van der Waals surface area contributed by atoms with Gasteiger partial charge in [-0.1, -0.05) is 6.07 Å². The van der Waals surface area contributed by atoms with E-state index in [1.54, 1.807) is 12.1 Å². The van der Waals surface area contributed by atoms with Gasteiger partial charge in [0.05, 0.1) is 23.0 Å². The van der Waals surface area contributed by atoms with Gasteiger partial charge in [0.2, 0.25) is 0 Å². The molecule has 0 heterocycles. The highest BCUT2D eigenvalue weighted by Gasteiger charge is 2.27. The summed E-state index contributed by atoms with van der Waals surface area (Å²) in [6, 6.07) is 6.06. The number of aliphatic carboxylic acids is 1. The van der Waals surface area contributed by atoms with Gasteiger partial charge in [0.1, 0.15) is 5.75 Å². The van der Waals surface area contributed by atoms with Gasteiger partial charge >= 0.3 is 5.97 Å². The summed E-state index contributed by atoms with van der Waals surface area (Å²) in [6.45, 7) is 0. The lowest BCUT2D eigenvalue weighted by molar-refractivity contribution is -0.384. The number of carbonyl (C=O) groups is 1. The van der Waals surface area contributed by atoms with E-state index in [2.05, 4.69) is 0 Å². The normalized spacial score (nSPS) is 22.7. The predicted octanol–water partition coefficient (Wildman–Crippen LogP) is 2.62. The molecule has 102 valence electrons. The van der Waals surface area contributed by atoms with Crippen LogP contribution < -0.4 is 4.74 Å². The maximum Gasteiger partial charge on any atom is 0.306 e. The van der Waals surface area contributed by atoms with Gasteiger partial charge in [-0.3, -0.25) is 14.9 Å². The van der Waals surface area contributed by atoms with Gasteiger partial charge < -0.3 is 9.84 Å². The molecule has 6 nitrogen and oxygen atoms in total. The third-order valence-electron chi connectivity index (χ3n) is 3.35. The first-order chi connectivity index (χ1) is 9.06. The van der Waals surface area contributed by atoms with E-state index in [1.807, 2.05) is 0 Å². The first kappa shape index (κ1) is 13.3. The van der Waals surface area contributed by atoms with Crippen molar-refractivity contribution in [1.82, 2.24) is 0 Å². The molecule has 1 N–H and O–H groups in total. The number of carboxylic acid groups (broad SMARTS) is 1. The highest BCUT2D eigenvalue weighted by molar-refractivity contribution is 5.70. The topological polar surface area (TPSA) is 89.7 Å². The van der Waals surface area contributed by atoms with Crippen molar-refractivity contribution in [2.45, 2.75) is 31.8 Å². The number of non-ortho nitro benzene ring substituents is 1. The molecule has 1 aliphatic rings. The highest BCUT2D eigenvalue weighted by Crippen LogP contribution is 2.29. The maximum atomic E-state index is 10.8. The first-order valence-electron chi connectivity index (χ1n) is 6.20. The fourth-order valence-electron chi connectivity index (χ4n) is 2.29. The molecular weight excluding hydrogens is 250 g/mol. The summed E-state index contributed by atoms with van der Waals surface area (Å²) in [5.41, 5.74) is -0.00304. The number of hydrogen-bond acceptors (Lipinski definition) is 4. The van der Waals surface area contributed by atoms with E-state index in [-0.39, 0.29) is 17.7 Å². The summed E-state index contributed by atoms with van der Waals surface area (Å²) >= 11 is 0. The molecule has 0 radical (unpaired) electrons. The number of carboxylic acids is 1. The Labute approximate surface area is 110 Å². The molecule has 1 aromatic carbocycles. The number of hydrogen-bond donors (Lipinski definition) is 1. The molecule has 0 unspecified atom stereocenters. The maximum absolute atomic E-state index is 10.8. The van der Waals surface area contributed by atoms with Crippen LogP contribution in [0.1, 0.15) is 25.7 Å². The fraction of sp³-hybridized carbons (Fsp3) is 0.462. The van der Waals surface area contributed by atoms with E-state index in [1.165, 1.54) is 12.1 Å². The van der Waals surface area contributed by atoms with E-state index in [0.29, 0.717) is 31.4 Å². The standard InChI is InChI=1S/C13H15NO5/c15-13(16)9-4-6-11(7-5-9)19-12-3-1-2-10(8-12)14(17)18/h1-3,8-9,11H,4-7H2,(H,15,16). The number of rotatable bonds is 4. The van der Waals surface area contributed by atoms with Crippen LogP contribution in [0, 0.1) is 16.0 Å². The van der Waals surface area contributed by atoms with Crippen LogP contribution in [0.5, 0.6) is 5.75 Å². The van der Waals surface area contributed by atoms with Crippen molar-refractivity contribution in [3.8, 4) is 5.75 Å². The summed E-state index contributed by atoms with van der Waals surface area (Å²) in [5, 5.41) is 19.5. The second-order valence-electron chi connectivity index (χ2n) is 4.68.